The maximum atomic E-state index is 13.3. The van der Waals surface area contributed by atoms with Crippen molar-refractivity contribution in [1.29, 1.82) is 0 Å². The van der Waals surface area contributed by atoms with Gasteiger partial charge >= 0.3 is 0 Å². The number of fused-ring (bicyclic) bond motifs is 1. The van der Waals surface area contributed by atoms with Crippen LogP contribution in [0.2, 0.25) is 0 Å². The molecule has 4 nitrogen and oxygen atoms in total. The number of aromatic nitrogens is 2. The van der Waals surface area contributed by atoms with Crippen LogP contribution >= 0.6 is 0 Å². The van der Waals surface area contributed by atoms with Crippen LogP contribution in [0.4, 0.5) is 4.39 Å². The van der Waals surface area contributed by atoms with Crippen molar-refractivity contribution < 1.29 is 9.18 Å². The molecule has 2 aromatic heterocycles. The first-order valence-corrected chi connectivity index (χ1v) is 8.48. The topological polar surface area (TPSA) is 68.9 Å². The number of primary amides is 1. The average Bonchev–Trinajstić information content (AvgIpc) is 2.68. The van der Waals surface area contributed by atoms with Crippen molar-refractivity contribution in [3.8, 4) is 11.1 Å². The van der Waals surface area contributed by atoms with Gasteiger partial charge in [-0.05, 0) is 65.1 Å². The molecular weight excluding hydrogens is 341 g/mol. The third-order valence-corrected chi connectivity index (χ3v) is 4.44. The van der Waals surface area contributed by atoms with Gasteiger partial charge in [-0.25, -0.2) is 9.37 Å². The average molecular weight is 357 g/mol. The molecule has 1 amide bonds. The van der Waals surface area contributed by atoms with Gasteiger partial charge in [0.05, 0.1) is 5.52 Å². The van der Waals surface area contributed by atoms with Crippen molar-refractivity contribution in [3.05, 3.63) is 95.7 Å². The Morgan fingerprint density at radius 2 is 1.67 bits per heavy atom. The molecule has 0 unspecified atom stereocenters. The fourth-order valence-corrected chi connectivity index (χ4v) is 3.11. The number of hydrogen-bond acceptors (Lipinski definition) is 3. The molecule has 132 valence electrons. The van der Waals surface area contributed by atoms with Gasteiger partial charge in [0.1, 0.15) is 11.5 Å². The minimum absolute atomic E-state index is 0.183. The fraction of sp³-hybridized carbons (Fsp3) is 0.0455. The van der Waals surface area contributed by atoms with Crippen LogP contribution in [0.3, 0.4) is 0 Å². The van der Waals surface area contributed by atoms with E-state index < -0.39 is 5.91 Å². The first-order chi connectivity index (χ1) is 13.1. The Morgan fingerprint density at radius 1 is 0.926 bits per heavy atom. The Balaban J connectivity index is 1.85. The Bertz CT molecular complexity index is 1130. The Kier molecular flexibility index (Phi) is 4.34. The minimum atomic E-state index is -0.597. The molecule has 27 heavy (non-hydrogen) atoms. The molecule has 5 heteroatoms. The summed E-state index contributed by atoms with van der Waals surface area (Å²) < 4.78 is 13.3. The zero-order chi connectivity index (χ0) is 18.8. The molecule has 0 aliphatic carbocycles. The summed E-state index contributed by atoms with van der Waals surface area (Å²) in [6, 6.07) is 17.7. The van der Waals surface area contributed by atoms with Crippen molar-refractivity contribution >= 4 is 16.8 Å². The molecule has 0 saturated heterocycles. The molecule has 4 rings (SSSR count). The predicted octanol–water partition coefficient (Wildman–Crippen LogP) is 4.13. The maximum Gasteiger partial charge on any atom is 0.267 e. The number of nitrogens with two attached hydrogens (primary N) is 1. The minimum Gasteiger partial charge on any atom is -0.364 e. The standard InChI is InChI=1S/C22H16FN3O/c23-17-4-2-16(3-5-17)19-13-21(22(24)27)26-20-12-15(1-6-18(19)20)11-14-7-9-25-10-8-14/h1-10,12-13H,11H2,(H2,24,27). The van der Waals surface area contributed by atoms with Crippen LogP contribution in [0.5, 0.6) is 0 Å². The van der Waals surface area contributed by atoms with Crippen LogP contribution in [0, 0.1) is 5.82 Å². The number of nitrogens with zero attached hydrogens (tertiary/aromatic N) is 2. The number of hydrogen-bond donors (Lipinski definition) is 1. The molecule has 0 aliphatic heterocycles. The Morgan fingerprint density at radius 3 is 2.37 bits per heavy atom. The zero-order valence-electron chi connectivity index (χ0n) is 14.4. The van der Waals surface area contributed by atoms with Crippen LogP contribution in [-0.2, 0) is 6.42 Å². The Labute approximate surface area is 155 Å². The maximum absolute atomic E-state index is 13.3. The number of amides is 1. The van der Waals surface area contributed by atoms with Gasteiger partial charge in [-0.15, -0.1) is 0 Å². The van der Waals surface area contributed by atoms with Gasteiger partial charge in [0.15, 0.2) is 0 Å². The van der Waals surface area contributed by atoms with Gasteiger partial charge in [-0.2, -0.15) is 0 Å². The van der Waals surface area contributed by atoms with E-state index in [4.69, 9.17) is 5.73 Å². The van der Waals surface area contributed by atoms with E-state index in [0.29, 0.717) is 5.52 Å². The molecule has 0 fully saturated rings. The van der Waals surface area contributed by atoms with Gasteiger partial charge in [0.2, 0.25) is 0 Å². The van der Waals surface area contributed by atoms with E-state index in [9.17, 15) is 9.18 Å². The van der Waals surface area contributed by atoms with Gasteiger partial charge in [0, 0.05) is 17.8 Å². The van der Waals surface area contributed by atoms with Gasteiger partial charge in [0.25, 0.3) is 5.91 Å². The third-order valence-electron chi connectivity index (χ3n) is 4.44. The number of rotatable bonds is 4. The van der Waals surface area contributed by atoms with E-state index >= 15 is 0 Å². The lowest BCUT2D eigenvalue weighted by Crippen LogP contribution is -2.13. The van der Waals surface area contributed by atoms with E-state index in [1.54, 1.807) is 30.6 Å². The summed E-state index contributed by atoms with van der Waals surface area (Å²) in [7, 11) is 0. The molecule has 2 aromatic carbocycles. The van der Waals surface area contributed by atoms with Gasteiger partial charge in [-0.1, -0.05) is 24.3 Å². The Hall–Kier alpha value is -3.60. The summed E-state index contributed by atoms with van der Waals surface area (Å²) in [6.45, 7) is 0. The number of benzene rings is 2. The van der Waals surface area contributed by atoms with Crippen LogP contribution in [0.25, 0.3) is 22.0 Å². The zero-order valence-corrected chi connectivity index (χ0v) is 14.4. The molecule has 0 atom stereocenters. The lowest BCUT2D eigenvalue weighted by molar-refractivity contribution is 0.0996. The molecule has 0 saturated carbocycles. The van der Waals surface area contributed by atoms with Crippen LogP contribution < -0.4 is 5.73 Å². The highest BCUT2D eigenvalue weighted by Crippen LogP contribution is 2.30. The molecule has 4 aromatic rings. The first kappa shape index (κ1) is 16.8. The SMILES string of the molecule is NC(=O)c1cc(-c2ccc(F)cc2)c2ccc(Cc3ccncc3)cc2n1. The van der Waals surface area contributed by atoms with Crippen molar-refractivity contribution in [2.45, 2.75) is 6.42 Å². The van der Waals surface area contributed by atoms with Crippen molar-refractivity contribution in [1.82, 2.24) is 9.97 Å². The first-order valence-electron chi connectivity index (χ1n) is 8.48. The molecule has 2 N–H and O–H groups in total. The summed E-state index contributed by atoms with van der Waals surface area (Å²) in [6.07, 6.45) is 4.24. The molecule has 0 radical (unpaired) electrons. The second-order valence-electron chi connectivity index (χ2n) is 6.31. The summed E-state index contributed by atoms with van der Waals surface area (Å²) in [5.74, 6) is -0.910. The van der Waals surface area contributed by atoms with Gasteiger partial charge in [-0.3, -0.25) is 9.78 Å². The predicted molar refractivity (Wildman–Crippen MR) is 103 cm³/mol. The highest BCUT2D eigenvalue weighted by molar-refractivity contribution is 6.00. The lowest BCUT2D eigenvalue weighted by Gasteiger charge is -2.10. The largest absolute Gasteiger partial charge is 0.364 e. The fourth-order valence-electron chi connectivity index (χ4n) is 3.11. The second kappa shape index (κ2) is 6.96. The summed E-state index contributed by atoms with van der Waals surface area (Å²) in [5, 5.41) is 0.880. The highest BCUT2D eigenvalue weighted by atomic mass is 19.1. The molecule has 2 heterocycles. The van der Waals surface area contributed by atoms with E-state index in [1.165, 1.54) is 12.1 Å². The summed E-state index contributed by atoms with van der Waals surface area (Å²) >= 11 is 0. The highest BCUT2D eigenvalue weighted by Gasteiger charge is 2.12. The number of carbonyl (C=O) groups excluding carboxylic acids is 1. The monoisotopic (exact) mass is 357 g/mol. The van der Waals surface area contributed by atoms with Crippen LogP contribution in [0.15, 0.2) is 73.1 Å². The van der Waals surface area contributed by atoms with E-state index in [2.05, 4.69) is 9.97 Å². The quantitative estimate of drug-likeness (QED) is 0.597. The van der Waals surface area contributed by atoms with Crippen LogP contribution in [-0.4, -0.2) is 15.9 Å². The van der Waals surface area contributed by atoms with Crippen molar-refractivity contribution in [2.24, 2.45) is 5.73 Å². The van der Waals surface area contributed by atoms with Crippen molar-refractivity contribution in [3.63, 3.8) is 0 Å². The third kappa shape index (κ3) is 3.53. The number of pyridine rings is 2. The second-order valence-corrected chi connectivity index (χ2v) is 6.31. The number of carbonyl (C=O) groups is 1. The van der Waals surface area contributed by atoms with E-state index in [0.717, 1.165) is 34.1 Å². The van der Waals surface area contributed by atoms with Gasteiger partial charge < -0.3 is 5.73 Å². The lowest BCUT2D eigenvalue weighted by atomic mass is 9.97. The molecule has 0 spiro atoms. The normalized spacial score (nSPS) is 10.9. The smallest absolute Gasteiger partial charge is 0.267 e. The molecule has 0 bridgehead atoms. The molecule has 0 aliphatic rings. The van der Waals surface area contributed by atoms with E-state index in [-0.39, 0.29) is 11.5 Å². The molecular formula is C22H16FN3O. The van der Waals surface area contributed by atoms with E-state index in [1.807, 2.05) is 30.3 Å². The van der Waals surface area contributed by atoms with Crippen LogP contribution in [0.1, 0.15) is 21.6 Å². The summed E-state index contributed by atoms with van der Waals surface area (Å²) in [5.41, 5.74) is 10.1. The van der Waals surface area contributed by atoms with Crippen molar-refractivity contribution in [2.75, 3.05) is 0 Å². The summed E-state index contributed by atoms with van der Waals surface area (Å²) in [4.78, 5) is 20.2. The number of halogens is 1.